The number of hydrogen-bond acceptors (Lipinski definition) is 3. The Hall–Kier alpha value is -0.740. The third-order valence-electron chi connectivity index (χ3n) is 2.45. The summed E-state index contributed by atoms with van der Waals surface area (Å²) < 4.78 is 0. The summed E-state index contributed by atoms with van der Waals surface area (Å²) in [5.74, 6) is 0. The summed E-state index contributed by atoms with van der Waals surface area (Å²) in [6.07, 6.45) is 0. The van der Waals surface area contributed by atoms with Gasteiger partial charge < -0.3 is 10.6 Å². The molecule has 0 spiro atoms. The topological polar surface area (TPSA) is 24.1 Å². The molecule has 1 aromatic carbocycles. The minimum atomic E-state index is 0.577. The molecule has 0 aliphatic carbocycles. The fourth-order valence-corrected chi connectivity index (χ4v) is 2.59. The Labute approximate surface area is 121 Å². The first kappa shape index (κ1) is 13.7. The number of rotatable bonds is 6. The largest absolute Gasteiger partial charge is 0.383 e. The molecule has 0 bridgehead atoms. The van der Waals surface area contributed by atoms with Crippen LogP contribution in [0.2, 0.25) is 10.0 Å². The van der Waals surface area contributed by atoms with Crippen LogP contribution in [0.25, 0.3) is 0 Å². The van der Waals surface area contributed by atoms with Crippen LogP contribution in [0.1, 0.15) is 4.88 Å². The number of anilines is 1. The number of benzene rings is 1. The van der Waals surface area contributed by atoms with E-state index < -0.39 is 0 Å². The van der Waals surface area contributed by atoms with Crippen LogP contribution < -0.4 is 10.6 Å². The van der Waals surface area contributed by atoms with Crippen molar-refractivity contribution in [3.63, 3.8) is 0 Å². The molecule has 0 saturated carbocycles. The van der Waals surface area contributed by atoms with E-state index in [4.69, 9.17) is 23.2 Å². The van der Waals surface area contributed by atoms with Gasteiger partial charge in [-0.3, -0.25) is 0 Å². The zero-order chi connectivity index (χ0) is 12.8. The molecule has 1 heterocycles. The van der Waals surface area contributed by atoms with Crippen molar-refractivity contribution < 1.29 is 0 Å². The van der Waals surface area contributed by atoms with Gasteiger partial charge in [0, 0.05) is 24.5 Å². The number of hydrogen-bond donors (Lipinski definition) is 2. The smallest absolute Gasteiger partial charge is 0.0823 e. The van der Waals surface area contributed by atoms with Crippen molar-refractivity contribution in [1.82, 2.24) is 5.32 Å². The monoisotopic (exact) mass is 300 g/mol. The molecule has 0 aliphatic heterocycles. The van der Waals surface area contributed by atoms with Crippen molar-refractivity contribution in [2.45, 2.75) is 6.54 Å². The molecule has 0 unspecified atom stereocenters. The first-order valence-electron chi connectivity index (χ1n) is 5.68. The second-order valence-electron chi connectivity index (χ2n) is 3.78. The van der Waals surface area contributed by atoms with Crippen molar-refractivity contribution in [3.05, 3.63) is 50.6 Å². The number of halogens is 2. The van der Waals surface area contributed by atoms with E-state index in [1.165, 1.54) is 4.88 Å². The van der Waals surface area contributed by atoms with Crippen molar-refractivity contribution >= 4 is 40.2 Å². The van der Waals surface area contributed by atoms with E-state index >= 15 is 0 Å². The Kier molecular flexibility index (Phi) is 5.32. The van der Waals surface area contributed by atoms with Crippen LogP contribution in [-0.2, 0) is 6.54 Å². The third kappa shape index (κ3) is 3.89. The predicted molar refractivity (Wildman–Crippen MR) is 81.0 cm³/mol. The zero-order valence-electron chi connectivity index (χ0n) is 9.75. The molecule has 0 atom stereocenters. The van der Waals surface area contributed by atoms with Crippen molar-refractivity contribution in [1.29, 1.82) is 0 Å². The van der Waals surface area contributed by atoms with E-state index in [0.717, 1.165) is 25.3 Å². The highest BCUT2D eigenvalue weighted by molar-refractivity contribution is 7.09. The minimum Gasteiger partial charge on any atom is -0.383 e. The van der Waals surface area contributed by atoms with E-state index in [1.807, 2.05) is 12.1 Å². The molecular formula is C13H14Cl2N2S. The second-order valence-corrected chi connectivity index (χ2v) is 5.60. The molecule has 0 fully saturated rings. The van der Waals surface area contributed by atoms with E-state index in [0.29, 0.717) is 10.0 Å². The molecule has 5 heteroatoms. The van der Waals surface area contributed by atoms with Crippen LogP contribution in [0, 0.1) is 0 Å². The van der Waals surface area contributed by atoms with Crippen LogP contribution >= 0.6 is 34.5 Å². The molecule has 2 N–H and O–H groups in total. The lowest BCUT2D eigenvalue weighted by Crippen LogP contribution is -2.21. The lowest BCUT2D eigenvalue weighted by molar-refractivity contribution is 0.714. The predicted octanol–water partition coefficient (Wildman–Crippen LogP) is 4.26. The second kappa shape index (κ2) is 7.00. The highest BCUT2D eigenvalue weighted by Crippen LogP contribution is 2.29. The number of nitrogens with one attached hydrogen (secondary N) is 2. The Morgan fingerprint density at radius 3 is 2.72 bits per heavy atom. The average Bonchev–Trinajstić information content (AvgIpc) is 2.87. The van der Waals surface area contributed by atoms with Crippen molar-refractivity contribution in [3.8, 4) is 0 Å². The molecular weight excluding hydrogens is 287 g/mol. The van der Waals surface area contributed by atoms with Crippen LogP contribution in [0.4, 0.5) is 5.69 Å². The quantitative estimate of drug-likeness (QED) is 0.779. The Morgan fingerprint density at radius 2 is 1.94 bits per heavy atom. The van der Waals surface area contributed by atoms with Gasteiger partial charge in [-0.15, -0.1) is 11.3 Å². The summed E-state index contributed by atoms with van der Waals surface area (Å²) in [6, 6.07) is 9.78. The van der Waals surface area contributed by atoms with Gasteiger partial charge in [0.1, 0.15) is 0 Å². The van der Waals surface area contributed by atoms with Gasteiger partial charge in [-0.2, -0.15) is 0 Å². The first-order chi connectivity index (χ1) is 8.77. The van der Waals surface area contributed by atoms with Crippen LogP contribution in [0.3, 0.4) is 0 Å². The summed E-state index contributed by atoms with van der Waals surface area (Å²) in [6.45, 7) is 2.59. The fourth-order valence-electron chi connectivity index (χ4n) is 1.55. The molecule has 0 amide bonds. The van der Waals surface area contributed by atoms with Gasteiger partial charge in [0.15, 0.2) is 0 Å². The lowest BCUT2D eigenvalue weighted by Gasteiger charge is -2.09. The maximum Gasteiger partial charge on any atom is 0.0823 e. The van der Waals surface area contributed by atoms with Gasteiger partial charge in [0.05, 0.1) is 15.7 Å². The van der Waals surface area contributed by atoms with Crippen LogP contribution in [0.15, 0.2) is 35.7 Å². The van der Waals surface area contributed by atoms with E-state index in [2.05, 4.69) is 28.1 Å². The summed E-state index contributed by atoms with van der Waals surface area (Å²) >= 11 is 13.8. The van der Waals surface area contributed by atoms with Crippen molar-refractivity contribution in [2.75, 3.05) is 18.4 Å². The molecule has 0 saturated heterocycles. The van der Waals surface area contributed by atoms with Gasteiger partial charge in [0.25, 0.3) is 0 Å². The molecule has 2 nitrogen and oxygen atoms in total. The summed E-state index contributed by atoms with van der Waals surface area (Å²) in [5, 5.41) is 9.86. The Balaban J connectivity index is 1.70. The third-order valence-corrected chi connectivity index (χ3v) is 4.14. The summed E-state index contributed by atoms with van der Waals surface area (Å²) in [7, 11) is 0. The fraction of sp³-hybridized carbons (Fsp3) is 0.231. The molecule has 18 heavy (non-hydrogen) atoms. The molecule has 96 valence electrons. The molecule has 2 aromatic rings. The van der Waals surface area contributed by atoms with Gasteiger partial charge in [-0.25, -0.2) is 0 Å². The van der Waals surface area contributed by atoms with E-state index in [-0.39, 0.29) is 0 Å². The average molecular weight is 301 g/mol. The maximum atomic E-state index is 6.07. The Bertz CT molecular complexity index is 486. The SMILES string of the molecule is Clc1cccc(NCCNCc2cccs2)c1Cl. The highest BCUT2D eigenvalue weighted by atomic mass is 35.5. The van der Waals surface area contributed by atoms with Crippen LogP contribution in [-0.4, -0.2) is 13.1 Å². The standard InChI is InChI=1S/C13H14Cl2N2S/c14-11-4-1-5-12(13(11)15)17-7-6-16-9-10-3-2-8-18-10/h1-5,8,16-17H,6-7,9H2. The van der Waals surface area contributed by atoms with Gasteiger partial charge in [-0.05, 0) is 23.6 Å². The molecule has 0 radical (unpaired) electrons. The van der Waals surface area contributed by atoms with E-state index in [9.17, 15) is 0 Å². The van der Waals surface area contributed by atoms with Gasteiger partial charge >= 0.3 is 0 Å². The summed E-state index contributed by atoms with van der Waals surface area (Å²) in [4.78, 5) is 1.34. The first-order valence-corrected chi connectivity index (χ1v) is 7.32. The molecule has 0 aliphatic rings. The van der Waals surface area contributed by atoms with E-state index in [1.54, 1.807) is 17.4 Å². The Morgan fingerprint density at radius 1 is 1.06 bits per heavy atom. The van der Waals surface area contributed by atoms with Crippen LogP contribution in [0.5, 0.6) is 0 Å². The van der Waals surface area contributed by atoms with Crippen molar-refractivity contribution in [2.24, 2.45) is 0 Å². The lowest BCUT2D eigenvalue weighted by atomic mass is 10.3. The molecule has 2 rings (SSSR count). The minimum absolute atomic E-state index is 0.577. The number of thiophene rings is 1. The maximum absolute atomic E-state index is 6.07. The normalized spacial score (nSPS) is 10.6. The molecule has 1 aromatic heterocycles. The van der Waals surface area contributed by atoms with Gasteiger partial charge in [0.2, 0.25) is 0 Å². The van der Waals surface area contributed by atoms with Gasteiger partial charge in [-0.1, -0.05) is 35.3 Å². The highest BCUT2D eigenvalue weighted by Gasteiger charge is 2.02. The zero-order valence-corrected chi connectivity index (χ0v) is 12.1. The summed E-state index contributed by atoms with van der Waals surface area (Å²) in [5.41, 5.74) is 0.877.